The molecule has 1 aliphatic rings. The van der Waals surface area contributed by atoms with E-state index in [1.165, 1.54) is 0 Å². The van der Waals surface area contributed by atoms with Crippen molar-refractivity contribution in [3.05, 3.63) is 30.1 Å². The van der Waals surface area contributed by atoms with Gasteiger partial charge in [-0.25, -0.2) is 9.98 Å². The summed E-state index contributed by atoms with van der Waals surface area (Å²) in [5.74, 6) is 1.70. The molecule has 0 aliphatic carbocycles. The molecule has 0 amide bonds. The van der Waals surface area contributed by atoms with Crippen molar-refractivity contribution in [3.63, 3.8) is 0 Å². The molecule has 0 saturated carbocycles. The minimum absolute atomic E-state index is 0. The van der Waals surface area contributed by atoms with Crippen molar-refractivity contribution >= 4 is 41.0 Å². The Balaban J connectivity index is 0.00000261. The maximum absolute atomic E-state index is 9.37. The van der Waals surface area contributed by atoms with Crippen LogP contribution >= 0.6 is 24.0 Å². The van der Waals surface area contributed by atoms with Gasteiger partial charge in [0.15, 0.2) is 5.96 Å². The molecule has 1 unspecified atom stereocenters. The van der Waals surface area contributed by atoms with Gasteiger partial charge in [0.2, 0.25) is 0 Å². The number of guanidine groups is 1. The molecule has 1 atom stereocenters. The summed E-state index contributed by atoms with van der Waals surface area (Å²) in [6, 6.07) is 8.10. The number of aliphatic imine (C=N–C) groups is 1. The Bertz CT molecular complexity index is 756. The fourth-order valence-corrected chi connectivity index (χ4v) is 3.41. The summed E-state index contributed by atoms with van der Waals surface area (Å²) in [5.41, 5.74) is 2.09. The number of ether oxygens (including phenoxy) is 1. The van der Waals surface area contributed by atoms with Gasteiger partial charge in [-0.3, -0.25) is 0 Å². The highest BCUT2D eigenvalue weighted by atomic mass is 127. The third kappa shape index (κ3) is 5.32. The minimum Gasteiger partial charge on any atom is -0.396 e. The first kappa shape index (κ1) is 21.9. The van der Waals surface area contributed by atoms with Gasteiger partial charge in [0.1, 0.15) is 12.4 Å². The Labute approximate surface area is 177 Å². The normalized spacial score (nSPS) is 19.9. The third-order valence-electron chi connectivity index (χ3n) is 5.06. The number of para-hydroxylation sites is 2. The molecule has 0 bridgehead atoms. The van der Waals surface area contributed by atoms with Crippen LogP contribution in [0.5, 0.6) is 0 Å². The zero-order valence-electron chi connectivity index (χ0n) is 16.1. The Hall–Kier alpha value is -1.39. The number of aryl methyl sites for hydroxylation is 1. The standard InChI is InChI=1S/C19H29N5O2.HI/c1-3-20-18(22-13-19(8-10-25)9-11-26-14-19)21-12-17-23-15-6-4-5-7-16(15)24(17)2;/h4-7,25H,3,8-14H2,1-2H3,(H2,20,21,22);1H. The lowest BCUT2D eigenvalue weighted by molar-refractivity contribution is 0.127. The number of nitrogens with zero attached hydrogens (tertiary/aromatic N) is 3. The van der Waals surface area contributed by atoms with Crippen molar-refractivity contribution < 1.29 is 9.84 Å². The fourth-order valence-electron chi connectivity index (χ4n) is 3.41. The van der Waals surface area contributed by atoms with Gasteiger partial charge in [-0.1, -0.05) is 12.1 Å². The molecule has 7 nitrogen and oxygen atoms in total. The number of hydrogen-bond donors (Lipinski definition) is 3. The number of imidazole rings is 1. The van der Waals surface area contributed by atoms with Crippen LogP contribution in [0.15, 0.2) is 29.3 Å². The highest BCUT2D eigenvalue weighted by molar-refractivity contribution is 14.0. The first-order valence-electron chi connectivity index (χ1n) is 9.28. The Kier molecular flexibility index (Phi) is 8.30. The summed E-state index contributed by atoms with van der Waals surface area (Å²) in [6.45, 7) is 5.71. The van der Waals surface area contributed by atoms with Crippen LogP contribution in [0, 0.1) is 5.41 Å². The Morgan fingerprint density at radius 2 is 2.19 bits per heavy atom. The summed E-state index contributed by atoms with van der Waals surface area (Å²) >= 11 is 0. The molecule has 1 saturated heterocycles. The van der Waals surface area contributed by atoms with Crippen LogP contribution in [0.2, 0.25) is 0 Å². The van der Waals surface area contributed by atoms with Gasteiger partial charge in [-0.05, 0) is 31.9 Å². The second-order valence-corrected chi connectivity index (χ2v) is 6.90. The fraction of sp³-hybridized carbons (Fsp3) is 0.579. The van der Waals surface area contributed by atoms with Crippen molar-refractivity contribution in [1.82, 2.24) is 20.2 Å². The molecule has 3 rings (SSSR count). The monoisotopic (exact) mass is 487 g/mol. The maximum Gasteiger partial charge on any atom is 0.191 e. The van der Waals surface area contributed by atoms with Crippen molar-refractivity contribution in [2.75, 3.05) is 32.9 Å². The van der Waals surface area contributed by atoms with Gasteiger partial charge in [0, 0.05) is 38.8 Å². The molecular formula is C19H30IN5O2. The van der Waals surface area contributed by atoms with E-state index in [9.17, 15) is 5.11 Å². The van der Waals surface area contributed by atoms with Gasteiger partial charge in [0.25, 0.3) is 0 Å². The average Bonchev–Trinajstić information content (AvgIpc) is 3.24. The Morgan fingerprint density at radius 3 is 2.85 bits per heavy atom. The van der Waals surface area contributed by atoms with Gasteiger partial charge >= 0.3 is 0 Å². The lowest BCUT2D eigenvalue weighted by atomic mass is 9.84. The number of benzene rings is 1. The molecule has 27 heavy (non-hydrogen) atoms. The van der Waals surface area contributed by atoms with E-state index in [-0.39, 0.29) is 36.0 Å². The molecule has 3 N–H and O–H groups in total. The third-order valence-corrected chi connectivity index (χ3v) is 5.06. The number of fused-ring (bicyclic) bond motifs is 1. The van der Waals surface area contributed by atoms with Crippen LogP contribution in [0.1, 0.15) is 25.6 Å². The molecule has 1 fully saturated rings. The highest BCUT2D eigenvalue weighted by Crippen LogP contribution is 2.31. The second kappa shape index (κ2) is 10.2. The number of nitrogens with one attached hydrogen (secondary N) is 2. The second-order valence-electron chi connectivity index (χ2n) is 6.90. The molecule has 2 heterocycles. The van der Waals surface area contributed by atoms with Crippen LogP contribution in [0.3, 0.4) is 0 Å². The molecule has 150 valence electrons. The van der Waals surface area contributed by atoms with Crippen molar-refractivity contribution in [1.29, 1.82) is 0 Å². The predicted molar refractivity (Wildman–Crippen MR) is 119 cm³/mol. The summed E-state index contributed by atoms with van der Waals surface area (Å²) in [4.78, 5) is 9.37. The van der Waals surface area contributed by atoms with Crippen LogP contribution in [-0.4, -0.2) is 53.5 Å². The van der Waals surface area contributed by atoms with E-state index < -0.39 is 0 Å². The highest BCUT2D eigenvalue weighted by Gasteiger charge is 2.34. The summed E-state index contributed by atoms with van der Waals surface area (Å²) in [7, 11) is 2.02. The Morgan fingerprint density at radius 1 is 1.37 bits per heavy atom. The molecule has 2 aromatic rings. The van der Waals surface area contributed by atoms with E-state index in [0.717, 1.165) is 55.4 Å². The lowest BCUT2D eigenvalue weighted by Gasteiger charge is -2.27. The molecule has 1 aliphatic heterocycles. The van der Waals surface area contributed by atoms with Gasteiger partial charge in [-0.15, -0.1) is 24.0 Å². The van der Waals surface area contributed by atoms with Gasteiger partial charge in [-0.2, -0.15) is 0 Å². The molecule has 1 aromatic heterocycles. The van der Waals surface area contributed by atoms with E-state index in [4.69, 9.17) is 9.73 Å². The topological polar surface area (TPSA) is 83.7 Å². The predicted octanol–water partition coefficient (Wildman–Crippen LogP) is 2.04. The van der Waals surface area contributed by atoms with Crippen molar-refractivity contribution in [2.24, 2.45) is 17.5 Å². The first-order chi connectivity index (χ1) is 12.7. The SMILES string of the molecule is CCNC(=NCc1nc2ccccc2n1C)NCC1(CCO)CCOC1.I. The maximum atomic E-state index is 9.37. The van der Waals surface area contributed by atoms with Crippen LogP contribution in [0.25, 0.3) is 11.0 Å². The number of aliphatic hydroxyl groups is 1. The van der Waals surface area contributed by atoms with Crippen LogP contribution in [-0.2, 0) is 18.3 Å². The number of aliphatic hydroxyl groups excluding tert-OH is 1. The summed E-state index contributed by atoms with van der Waals surface area (Å²) in [5, 5.41) is 16.1. The smallest absolute Gasteiger partial charge is 0.191 e. The zero-order valence-corrected chi connectivity index (χ0v) is 18.4. The van der Waals surface area contributed by atoms with Crippen molar-refractivity contribution in [2.45, 2.75) is 26.3 Å². The number of aromatic nitrogens is 2. The van der Waals surface area contributed by atoms with Gasteiger partial charge < -0.3 is 25.0 Å². The van der Waals surface area contributed by atoms with E-state index in [0.29, 0.717) is 13.2 Å². The number of rotatable bonds is 7. The summed E-state index contributed by atoms with van der Waals surface area (Å²) < 4.78 is 7.64. The minimum atomic E-state index is -0.0111. The zero-order chi connectivity index (χ0) is 18.4. The van der Waals surface area contributed by atoms with E-state index >= 15 is 0 Å². The van der Waals surface area contributed by atoms with Crippen LogP contribution < -0.4 is 10.6 Å². The number of hydrogen-bond acceptors (Lipinski definition) is 4. The van der Waals surface area contributed by atoms with E-state index in [1.54, 1.807) is 0 Å². The van der Waals surface area contributed by atoms with E-state index in [2.05, 4.69) is 33.2 Å². The quantitative estimate of drug-likeness (QED) is 0.316. The van der Waals surface area contributed by atoms with Crippen molar-refractivity contribution in [3.8, 4) is 0 Å². The molecular weight excluding hydrogens is 457 g/mol. The number of halogens is 1. The average molecular weight is 487 g/mol. The lowest BCUT2D eigenvalue weighted by Crippen LogP contribution is -2.44. The largest absolute Gasteiger partial charge is 0.396 e. The van der Waals surface area contributed by atoms with E-state index in [1.807, 2.05) is 25.2 Å². The molecule has 0 spiro atoms. The summed E-state index contributed by atoms with van der Waals surface area (Å²) in [6.07, 6.45) is 1.70. The molecule has 8 heteroatoms. The van der Waals surface area contributed by atoms with Crippen LogP contribution in [0.4, 0.5) is 0 Å². The first-order valence-corrected chi connectivity index (χ1v) is 9.28. The molecule has 0 radical (unpaired) electrons. The molecule has 1 aromatic carbocycles. The van der Waals surface area contributed by atoms with Gasteiger partial charge in [0.05, 0.1) is 17.6 Å².